The van der Waals surface area contributed by atoms with Crippen molar-refractivity contribution in [2.45, 2.75) is 0 Å². The van der Waals surface area contributed by atoms with Crippen molar-refractivity contribution in [1.29, 1.82) is 0 Å². The average molecular weight is 216 g/mol. The van der Waals surface area contributed by atoms with Crippen molar-refractivity contribution < 1.29 is 0 Å². The number of aromatic nitrogens is 1. The van der Waals surface area contributed by atoms with Gasteiger partial charge in [0, 0.05) is 6.20 Å². The quantitative estimate of drug-likeness (QED) is 0.649. The van der Waals surface area contributed by atoms with Crippen LogP contribution in [0.1, 0.15) is 0 Å². The molecule has 0 amide bonds. The van der Waals surface area contributed by atoms with E-state index < -0.39 is 0 Å². The van der Waals surface area contributed by atoms with Crippen LogP contribution in [0.5, 0.6) is 0 Å². The number of nitrogens with two attached hydrogens (primary N) is 2. The third-order valence-electron chi connectivity index (χ3n) is 0.975. The Morgan fingerprint density at radius 2 is 1.82 bits per heavy atom. The minimum absolute atomic E-state index is 0. The van der Waals surface area contributed by atoms with Crippen LogP contribution in [0.15, 0.2) is 12.3 Å². The second-order valence-corrected chi connectivity index (χ2v) is 1.96. The fraction of sp³-hybridized carbons (Fsp3) is 0. The summed E-state index contributed by atoms with van der Waals surface area (Å²) in [5.41, 5.74) is 11.5. The second kappa shape index (κ2) is 5.29. The number of pyridine rings is 1. The summed E-state index contributed by atoms with van der Waals surface area (Å²) in [6, 6.07) is 1.60. The predicted molar refractivity (Wildman–Crippen MR) is 52.6 cm³/mol. The van der Waals surface area contributed by atoms with Gasteiger partial charge in [0.15, 0.2) is 5.15 Å². The molecule has 0 aliphatic heterocycles. The van der Waals surface area contributed by atoms with Crippen LogP contribution < -0.4 is 11.5 Å². The highest BCUT2D eigenvalue weighted by molar-refractivity contribution is 6.32. The molecule has 1 heterocycles. The number of hydrogen-bond donors (Lipinski definition) is 2. The van der Waals surface area contributed by atoms with Crippen molar-refractivity contribution in [1.82, 2.24) is 4.98 Å². The zero-order valence-corrected chi connectivity index (χ0v) is 7.84. The molecule has 0 unspecified atom stereocenters. The molecule has 0 fully saturated rings. The molecule has 0 radical (unpaired) electrons. The van der Waals surface area contributed by atoms with Gasteiger partial charge >= 0.3 is 0 Å². The van der Waals surface area contributed by atoms with E-state index in [9.17, 15) is 0 Å². The highest BCUT2D eigenvalue weighted by Gasteiger charge is 1.97. The fourth-order valence-electron chi connectivity index (χ4n) is 0.461. The van der Waals surface area contributed by atoms with E-state index in [-0.39, 0.29) is 30.0 Å². The lowest BCUT2D eigenvalue weighted by Crippen LogP contribution is -1.95. The molecule has 0 saturated carbocycles. The molecule has 64 valence electrons. The first-order valence-electron chi connectivity index (χ1n) is 2.37. The second-order valence-electron chi connectivity index (χ2n) is 1.60. The molecule has 0 atom stereocenters. The first-order chi connectivity index (χ1) is 4.22. The summed E-state index contributed by atoms with van der Waals surface area (Å²) in [6.45, 7) is 0. The SMILES string of the molecule is Cl.Cl.Nc1ccnc(Cl)c1N. The highest BCUT2D eigenvalue weighted by atomic mass is 35.5. The summed E-state index contributed by atoms with van der Waals surface area (Å²) in [5.74, 6) is 0. The number of halogens is 3. The van der Waals surface area contributed by atoms with E-state index in [1.54, 1.807) is 6.07 Å². The average Bonchev–Trinajstić information content (AvgIpc) is 1.83. The Hall–Kier alpha value is -0.380. The Morgan fingerprint density at radius 1 is 1.27 bits per heavy atom. The van der Waals surface area contributed by atoms with Gasteiger partial charge in [0.05, 0.1) is 11.4 Å². The van der Waals surface area contributed by atoms with Crippen molar-refractivity contribution in [2.24, 2.45) is 0 Å². The van der Waals surface area contributed by atoms with Gasteiger partial charge in [0.25, 0.3) is 0 Å². The Morgan fingerprint density at radius 3 is 2.18 bits per heavy atom. The summed E-state index contributed by atoms with van der Waals surface area (Å²) in [4.78, 5) is 3.70. The number of nitrogens with zero attached hydrogens (tertiary/aromatic N) is 1. The van der Waals surface area contributed by atoms with E-state index in [0.29, 0.717) is 11.4 Å². The van der Waals surface area contributed by atoms with Crippen molar-refractivity contribution in [3.8, 4) is 0 Å². The van der Waals surface area contributed by atoms with Crippen LogP contribution in [0.3, 0.4) is 0 Å². The summed E-state index contributed by atoms with van der Waals surface area (Å²) in [5, 5.41) is 0.259. The van der Waals surface area contributed by atoms with Crippen molar-refractivity contribution in [2.75, 3.05) is 11.5 Å². The van der Waals surface area contributed by atoms with Crippen LogP contribution in [0.25, 0.3) is 0 Å². The van der Waals surface area contributed by atoms with Gasteiger partial charge in [-0.3, -0.25) is 0 Å². The Labute approximate surface area is 81.9 Å². The van der Waals surface area contributed by atoms with E-state index in [1.165, 1.54) is 6.20 Å². The fourth-order valence-corrected chi connectivity index (χ4v) is 0.627. The number of nitrogen functional groups attached to an aromatic ring is 2. The van der Waals surface area contributed by atoms with Crippen molar-refractivity contribution in [3.05, 3.63) is 17.4 Å². The van der Waals surface area contributed by atoms with Gasteiger partial charge in [-0.2, -0.15) is 0 Å². The standard InChI is InChI=1S/C5H6ClN3.2ClH/c6-5-4(8)3(7)1-2-9-5;;/h1-2H,8H2,(H2,7,9);2*1H. The highest BCUT2D eigenvalue weighted by Crippen LogP contribution is 2.20. The Bertz CT molecular complexity index is 208. The van der Waals surface area contributed by atoms with Gasteiger partial charge in [-0.25, -0.2) is 4.98 Å². The first kappa shape index (κ1) is 13.2. The first-order valence-corrected chi connectivity index (χ1v) is 2.75. The van der Waals surface area contributed by atoms with Gasteiger partial charge in [0.1, 0.15) is 0 Å². The summed E-state index contributed by atoms with van der Waals surface area (Å²) >= 11 is 5.50. The molecule has 1 rings (SSSR count). The van der Waals surface area contributed by atoms with Crippen molar-refractivity contribution >= 4 is 47.8 Å². The number of rotatable bonds is 0. The number of anilines is 2. The third-order valence-corrected chi connectivity index (χ3v) is 1.28. The van der Waals surface area contributed by atoms with Crippen LogP contribution >= 0.6 is 36.4 Å². The largest absolute Gasteiger partial charge is 0.397 e. The molecule has 3 nitrogen and oxygen atoms in total. The zero-order chi connectivity index (χ0) is 6.85. The van der Waals surface area contributed by atoms with E-state index >= 15 is 0 Å². The molecule has 4 N–H and O–H groups in total. The maximum atomic E-state index is 5.50. The number of hydrogen-bond acceptors (Lipinski definition) is 3. The lowest BCUT2D eigenvalue weighted by molar-refractivity contribution is 1.33. The van der Waals surface area contributed by atoms with Crippen LogP contribution in [-0.4, -0.2) is 4.98 Å². The van der Waals surface area contributed by atoms with Gasteiger partial charge in [-0.1, -0.05) is 11.6 Å². The minimum Gasteiger partial charge on any atom is -0.397 e. The molecule has 0 spiro atoms. The third kappa shape index (κ3) is 3.01. The van der Waals surface area contributed by atoms with Crippen LogP contribution in [0.2, 0.25) is 5.15 Å². The van der Waals surface area contributed by atoms with E-state index in [2.05, 4.69) is 4.98 Å². The molecule has 11 heavy (non-hydrogen) atoms. The topological polar surface area (TPSA) is 64.9 Å². The van der Waals surface area contributed by atoms with Crippen LogP contribution in [0, 0.1) is 0 Å². The Balaban J connectivity index is 0. The smallest absolute Gasteiger partial charge is 0.153 e. The predicted octanol–water partition coefficient (Wildman–Crippen LogP) is 1.74. The molecule has 1 aromatic heterocycles. The lowest BCUT2D eigenvalue weighted by atomic mass is 10.4. The molecule has 1 aromatic rings. The molecule has 0 bridgehead atoms. The van der Waals surface area contributed by atoms with E-state index in [1.807, 2.05) is 0 Å². The minimum atomic E-state index is 0. The zero-order valence-electron chi connectivity index (χ0n) is 5.45. The molecular weight excluding hydrogens is 208 g/mol. The van der Waals surface area contributed by atoms with E-state index in [4.69, 9.17) is 23.1 Å². The Kier molecular flexibility index (Phi) is 6.37. The molecule has 0 saturated heterocycles. The molecule has 0 aliphatic carbocycles. The van der Waals surface area contributed by atoms with Gasteiger partial charge in [-0.15, -0.1) is 24.8 Å². The van der Waals surface area contributed by atoms with Gasteiger partial charge < -0.3 is 11.5 Å². The maximum absolute atomic E-state index is 5.50. The van der Waals surface area contributed by atoms with Gasteiger partial charge in [-0.05, 0) is 6.07 Å². The van der Waals surface area contributed by atoms with Crippen molar-refractivity contribution in [3.63, 3.8) is 0 Å². The normalized spacial score (nSPS) is 7.73. The van der Waals surface area contributed by atoms with Gasteiger partial charge in [0.2, 0.25) is 0 Å². The lowest BCUT2D eigenvalue weighted by Gasteiger charge is -1.97. The molecule has 0 aliphatic rings. The summed E-state index contributed by atoms with van der Waals surface area (Å²) in [7, 11) is 0. The summed E-state index contributed by atoms with van der Waals surface area (Å²) < 4.78 is 0. The molecular formula is C5H8Cl3N3. The monoisotopic (exact) mass is 215 g/mol. The molecule has 6 heteroatoms. The summed E-state index contributed by atoms with van der Waals surface area (Å²) in [6.07, 6.45) is 1.51. The maximum Gasteiger partial charge on any atom is 0.153 e. The van der Waals surface area contributed by atoms with Crippen LogP contribution in [-0.2, 0) is 0 Å². The van der Waals surface area contributed by atoms with Crippen LogP contribution in [0.4, 0.5) is 11.4 Å². The van der Waals surface area contributed by atoms with E-state index in [0.717, 1.165) is 0 Å². The molecule has 0 aromatic carbocycles.